The molecule has 0 aromatic carbocycles. The summed E-state index contributed by atoms with van der Waals surface area (Å²) in [5, 5.41) is 0. The molecule has 1 fully saturated rings. The van der Waals surface area contributed by atoms with E-state index in [1.54, 1.807) is 0 Å². The summed E-state index contributed by atoms with van der Waals surface area (Å²) in [5.74, 6) is 0. The van der Waals surface area contributed by atoms with Crippen LogP contribution in [0.25, 0.3) is 0 Å². The van der Waals surface area contributed by atoms with Crippen LogP contribution in [0, 0.1) is 0 Å². The van der Waals surface area contributed by atoms with E-state index in [4.69, 9.17) is 11.5 Å². The third-order valence-corrected chi connectivity index (χ3v) is 2.63. The van der Waals surface area contributed by atoms with E-state index in [1.165, 1.54) is 32.1 Å². The van der Waals surface area contributed by atoms with Crippen LogP contribution in [0.2, 0.25) is 0 Å². The zero-order valence-electron chi connectivity index (χ0n) is 8.42. The highest BCUT2D eigenvalue weighted by Gasteiger charge is 2.14. The van der Waals surface area contributed by atoms with Gasteiger partial charge in [0.25, 0.3) is 0 Å². The molecule has 0 aromatic heterocycles. The highest BCUT2D eigenvalue weighted by molar-refractivity contribution is 4.73. The molecule has 0 heterocycles. The third-order valence-electron chi connectivity index (χ3n) is 2.63. The van der Waals surface area contributed by atoms with Crippen LogP contribution in [0.15, 0.2) is 0 Å². The summed E-state index contributed by atoms with van der Waals surface area (Å²) in [6, 6.07) is 0.564. The second kappa shape index (κ2) is 5.54. The van der Waals surface area contributed by atoms with Gasteiger partial charge in [-0.25, -0.2) is 5.43 Å². The number of hydrogen-bond acceptors (Lipinski definition) is 4. The molecule has 78 valence electrons. The summed E-state index contributed by atoms with van der Waals surface area (Å²) in [4.78, 5) is 0. The Morgan fingerprint density at radius 3 is 2.31 bits per heavy atom. The average molecular weight is 186 g/mol. The first kappa shape index (κ1) is 10.9. The fourth-order valence-electron chi connectivity index (χ4n) is 1.59. The van der Waals surface area contributed by atoms with Gasteiger partial charge in [-0.05, 0) is 19.8 Å². The van der Waals surface area contributed by atoms with Gasteiger partial charge in [0.05, 0.1) is 6.17 Å². The summed E-state index contributed by atoms with van der Waals surface area (Å²) in [7, 11) is 0. The molecule has 1 aliphatic carbocycles. The van der Waals surface area contributed by atoms with Crippen molar-refractivity contribution in [2.24, 2.45) is 11.5 Å². The minimum Gasteiger partial charge on any atom is -0.325 e. The van der Waals surface area contributed by atoms with E-state index in [-0.39, 0.29) is 12.2 Å². The first-order valence-corrected chi connectivity index (χ1v) is 5.22. The van der Waals surface area contributed by atoms with Crippen LogP contribution < -0.4 is 22.3 Å². The van der Waals surface area contributed by atoms with Gasteiger partial charge in [0, 0.05) is 12.1 Å². The monoisotopic (exact) mass is 186 g/mol. The molecule has 2 unspecified atom stereocenters. The number of rotatable bonds is 4. The van der Waals surface area contributed by atoms with E-state index in [1.807, 2.05) is 6.92 Å². The van der Waals surface area contributed by atoms with Crippen LogP contribution in [-0.2, 0) is 0 Å². The Balaban J connectivity index is 2.10. The van der Waals surface area contributed by atoms with Crippen LogP contribution in [-0.4, -0.2) is 18.2 Å². The normalized spacial score (nSPS) is 24.2. The van der Waals surface area contributed by atoms with Gasteiger partial charge in [-0.2, -0.15) is 0 Å². The van der Waals surface area contributed by atoms with Gasteiger partial charge in [0.1, 0.15) is 0 Å². The van der Waals surface area contributed by atoms with E-state index in [2.05, 4.69) is 10.9 Å². The Morgan fingerprint density at radius 2 is 1.77 bits per heavy atom. The largest absolute Gasteiger partial charge is 0.325 e. The molecule has 1 aliphatic rings. The average Bonchev–Trinajstić information content (AvgIpc) is 2.15. The molecule has 0 aromatic rings. The van der Waals surface area contributed by atoms with Crippen LogP contribution >= 0.6 is 0 Å². The fraction of sp³-hybridized carbons (Fsp3) is 1.00. The lowest BCUT2D eigenvalue weighted by Gasteiger charge is -2.26. The molecule has 1 rings (SSSR count). The molecule has 0 amide bonds. The number of hydrazine groups is 1. The van der Waals surface area contributed by atoms with Crippen molar-refractivity contribution in [3.63, 3.8) is 0 Å². The van der Waals surface area contributed by atoms with Gasteiger partial charge in [0.15, 0.2) is 0 Å². The molecule has 0 spiro atoms. The number of hydrogen-bond donors (Lipinski definition) is 4. The maximum absolute atomic E-state index is 5.74. The highest BCUT2D eigenvalue weighted by atomic mass is 15.4. The lowest BCUT2D eigenvalue weighted by atomic mass is 9.96. The minimum absolute atomic E-state index is 0.0175. The molecule has 0 radical (unpaired) electrons. The third kappa shape index (κ3) is 4.04. The molecule has 1 saturated carbocycles. The van der Waals surface area contributed by atoms with Gasteiger partial charge in [-0.15, -0.1) is 0 Å². The zero-order chi connectivity index (χ0) is 9.68. The van der Waals surface area contributed by atoms with Crippen molar-refractivity contribution in [1.82, 2.24) is 10.9 Å². The van der Waals surface area contributed by atoms with Crippen LogP contribution in [0.3, 0.4) is 0 Å². The Morgan fingerprint density at radius 1 is 1.15 bits per heavy atom. The van der Waals surface area contributed by atoms with Crippen molar-refractivity contribution in [3.8, 4) is 0 Å². The van der Waals surface area contributed by atoms with E-state index < -0.39 is 0 Å². The second-order valence-electron chi connectivity index (χ2n) is 4.01. The summed E-state index contributed by atoms with van der Waals surface area (Å²) >= 11 is 0. The van der Waals surface area contributed by atoms with Crippen molar-refractivity contribution < 1.29 is 0 Å². The maximum atomic E-state index is 5.74. The Bertz CT molecular complexity index is 132. The summed E-state index contributed by atoms with van der Waals surface area (Å²) in [5.41, 5.74) is 17.7. The molecule has 13 heavy (non-hydrogen) atoms. The smallest absolute Gasteiger partial charge is 0.0829 e. The predicted molar refractivity (Wildman–Crippen MR) is 54.8 cm³/mol. The lowest BCUT2D eigenvalue weighted by molar-refractivity contribution is 0.295. The molecule has 4 nitrogen and oxygen atoms in total. The predicted octanol–water partition coefficient (Wildman–Crippen LogP) is 0.0453. The summed E-state index contributed by atoms with van der Waals surface area (Å²) < 4.78 is 0. The molecule has 0 saturated heterocycles. The molecule has 6 N–H and O–H groups in total. The van der Waals surface area contributed by atoms with E-state index in [9.17, 15) is 0 Å². The first-order chi connectivity index (χ1) is 6.20. The van der Waals surface area contributed by atoms with Crippen molar-refractivity contribution in [3.05, 3.63) is 0 Å². The summed E-state index contributed by atoms with van der Waals surface area (Å²) in [6.07, 6.45) is 6.37. The Labute approximate surface area is 80.4 Å². The van der Waals surface area contributed by atoms with Crippen molar-refractivity contribution >= 4 is 0 Å². The van der Waals surface area contributed by atoms with Gasteiger partial charge in [0.2, 0.25) is 0 Å². The molecule has 0 aliphatic heterocycles. The van der Waals surface area contributed by atoms with Gasteiger partial charge >= 0.3 is 0 Å². The number of nitrogens with two attached hydrogens (primary N) is 2. The van der Waals surface area contributed by atoms with Gasteiger partial charge < -0.3 is 11.5 Å². The molecule has 0 bridgehead atoms. The van der Waals surface area contributed by atoms with E-state index in [0.29, 0.717) is 6.04 Å². The SMILES string of the molecule is CC(N)C(N)NNC1CCCCC1. The minimum atomic E-state index is -0.151. The highest BCUT2D eigenvalue weighted by Crippen LogP contribution is 2.16. The van der Waals surface area contributed by atoms with Crippen LogP contribution in [0.4, 0.5) is 0 Å². The van der Waals surface area contributed by atoms with Gasteiger partial charge in [-0.1, -0.05) is 19.3 Å². The maximum Gasteiger partial charge on any atom is 0.0829 e. The topological polar surface area (TPSA) is 76.1 Å². The van der Waals surface area contributed by atoms with Gasteiger partial charge in [-0.3, -0.25) is 5.43 Å². The van der Waals surface area contributed by atoms with Crippen molar-refractivity contribution in [2.75, 3.05) is 0 Å². The molecule has 2 atom stereocenters. The van der Waals surface area contributed by atoms with Crippen LogP contribution in [0.5, 0.6) is 0 Å². The van der Waals surface area contributed by atoms with Crippen LogP contribution in [0.1, 0.15) is 39.0 Å². The van der Waals surface area contributed by atoms with E-state index in [0.717, 1.165) is 0 Å². The number of nitrogens with one attached hydrogen (secondary N) is 2. The Hall–Kier alpha value is -0.160. The first-order valence-electron chi connectivity index (χ1n) is 5.22. The molecular weight excluding hydrogens is 164 g/mol. The van der Waals surface area contributed by atoms with Crippen molar-refractivity contribution in [1.29, 1.82) is 0 Å². The van der Waals surface area contributed by atoms with Crippen molar-refractivity contribution in [2.45, 2.75) is 57.3 Å². The molecule has 4 heteroatoms. The quantitative estimate of drug-likeness (QED) is 0.369. The Kier molecular flexibility index (Phi) is 4.66. The zero-order valence-corrected chi connectivity index (χ0v) is 8.42. The fourth-order valence-corrected chi connectivity index (χ4v) is 1.59. The second-order valence-corrected chi connectivity index (χ2v) is 4.01. The molecular formula is C9H22N4. The standard InChI is InChI=1S/C9H22N4/c1-7(10)9(11)13-12-8-5-3-2-4-6-8/h7-9,12-13H,2-6,10-11H2,1H3. The lowest BCUT2D eigenvalue weighted by Crippen LogP contribution is -2.57. The summed E-state index contributed by atoms with van der Waals surface area (Å²) in [6.45, 7) is 1.90. The van der Waals surface area contributed by atoms with E-state index >= 15 is 0 Å².